The van der Waals surface area contributed by atoms with E-state index in [2.05, 4.69) is 22.2 Å². The summed E-state index contributed by atoms with van der Waals surface area (Å²) in [5.74, 6) is -0.0146. The van der Waals surface area contributed by atoms with Crippen LogP contribution in [0.1, 0.15) is 29.9 Å². The first-order valence-corrected chi connectivity index (χ1v) is 8.58. The number of piperazine rings is 1. The standard InChI is InChI=1S/C17H24N6O2/c1-14(23-8-7-18-13-23)4-6-20-17(25)22-11-9-21(10-12-22)16(24)15-3-2-5-19-15/h2-3,5,7-8,13-14,19H,4,6,9-12H2,1H3,(H,20,25). The molecule has 3 rings (SSSR count). The fraction of sp³-hybridized carbons (Fsp3) is 0.471. The van der Waals surface area contributed by atoms with Crippen LogP contribution in [-0.4, -0.2) is 69.0 Å². The summed E-state index contributed by atoms with van der Waals surface area (Å²) in [4.78, 5) is 35.0. The number of aromatic nitrogens is 3. The van der Waals surface area contributed by atoms with Crippen LogP contribution in [0.2, 0.25) is 0 Å². The van der Waals surface area contributed by atoms with Crippen LogP contribution in [0, 0.1) is 0 Å². The summed E-state index contributed by atoms with van der Waals surface area (Å²) in [6.07, 6.45) is 8.04. The number of aromatic amines is 1. The van der Waals surface area contributed by atoms with Crippen LogP contribution in [0.3, 0.4) is 0 Å². The van der Waals surface area contributed by atoms with Crippen molar-refractivity contribution in [2.75, 3.05) is 32.7 Å². The van der Waals surface area contributed by atoms with E-state index in [9.17, 15) is 9.59 Å². The number of H-pyrrole nitrogens is 1. The number of imidazole rings is 1. The Hall–Kier alpha value is -2.77. The van der Waals surface area contributed by atoms with E-state index in [0.29, 0.717) is 38.4 Å². The lowest BCUT2D eigenvalue weighted by molar-refractivity contribution is 0.0660. The third-order valence-electron chi connectivity index (χ3n) is 4.55. The van der Waals surface area contributed by atoms with Gasteiger partial charge in [-0.1, -0.05) is 0 Å². The number of rotatable bonds is 5. The number of hydrogen-bond acceptors (Lipinski definition) is 3. The maximum absolute atomic E-state index is 12.3. The Balaban J connectivity index is 1.39. The Bertz CT molecular complexity index is 674. The summed E-state index contributed by atoms with van der Waals surface area (Å²) in [6.45, 7) is 4.91. The van der Waals surface area contributed by atoms with Gasteiger partial charge in [0.15, 0.2) is 0 Å². The Morgan fingerprint density at radius 3 is 2.68 bits per heavy atom. The molecule has 3 amide bonds. The van der Waals surface area contributed by atoms with Gasteiger partial charge in [-0.2, -0.15) is 0 Å². The molecular formula is C17H24N6O2. The Morgan fingerprint density at radius 2 is 2.04 bits per heavy atom. The van der Waals surface area contributed by atoms with Gasteiger partial charge in [-0.15, -0.1) is 0 Å². The van der Waals surface area contributed by atoms with Gasteiger partial charge in [0.05, 0.1) is 6.33 Å². The molecule has 1 saturated heterocycles. The van der Waals surface area contributed by atoms with Gasteiger partial charge in [-0.05, 0) is 25.5 Å². The molecule has 0 aromatic carbocycles. The third kappa shape index (κ3) is 4.20. The molecule has 134 valence electrons. The van der Waals surface area contributed by atoms with Crippen molar-refractivity contribution >= 4 is 11.9 Å². The lowest BCUT2D eigenvalue weighted by atomic mass is 10.2. The summed E-state index contributed by atoms with van der Waals surface area (Å²) in [6, 6.07) is 3.80. The fourth-order valence-electron chi connectivity index (χ4n) is 2.93. The molecule has 1 atom stereocenters. The highest BCUT2D eigenvalue weighted by molar-refractivity contribution is 5.92. The summed E-state index contributed by atoms with van der Waals surface area (Å²) >= 11 is 0. The lowest BCUT2D eigenvalue weighted by Crippen LogP contribution is -2.53. The first kappa shape index (κ1) is 17.1. The van der Waals surface area contributed by atoms with Crippen molar-refractivity contribution < 1.29 is 9.59 Å². The van der Waals surface area contributed by atoms with Crippen molar-refractivity contribution in [2.24, 2.45) is 0 Å². The molecule has 2 N–H and O–H groups in total. The first-order chi connectivity index (χ1) is 12.1. The molecule has 1 aliphatic heterocycles. The van der Waals surface area contributed by atoms with E-state index in [0.717, 1.165) is 6.42 Å². The zero-order valence-electron chi connectivity index (χ0n) is 14.4. The van der Waals surface area contributed by atoms with Crippen LogP contribution in [0.25, 0.3) is 0 Å². The van der Waals surface area contributed by atoms with E-state index in [-0.39, 0.29) is 18.0 Å². The number of nitrogens with zero attached hydrogens (tertiary/aromatic N) is 4. The second kappa shape index (κ2) is 7.87. The van der Waals surface area contributed by atoms with Crippen molar-refractivity contribution in [1.29, 1.82) is 0 Å². The predicted octanol–water partition coefficient (Wildman–Crippen LogP) is 1.33. The Kier molecular flexibility index (Phi) is 5.37. The third-order valence-corrected chi connectivity index (χ3v) is 4.55. The van der Waals surface area contributed by atoms with Crippen LogP contribution in [0.15, 0.2) is 37.1 Å². The zero-order chi connectivity index (χ0) is 17.6. The molecule has 0 saturated carbocycles. The maximum atomic E-state index is 12.3. The molecule has 25 heavy (non-hydrogen) atoms. The maximum Gasteiger partial charge on any atom is 0.317 e. The SMILES string of the molecule is CC(CCNC(=O)N1CCN(C(=O)c2ccc[nH]2)CC1)n1ccnc1. The summed E-state index contributed by atoms with van der Waals surface area (Å²) < 4.78 is 2.02. The number of carbonyl (C=O) groups is 2. The van der Waals surface area contributed by atoms with Gasteiger partial charge in [0, 0.05) is 57.4 Å². The van der Waals surface area contributed by atoms with Crippen LogP contribution < -0.4 is 5.32 Å². The van der Waals surface area contributed by atoms with E-state index >= 15 is 0 Å². The number of carbonyl (C=O) groups excluding carboxylic acids is 2. The minimum Gasteiger partial charge on any atom is -0.357 e. The monoisotopic (exact) mass is 344 g/mol. The Labute approximate surface area is 146 Å². The number of amides is 3. The normalized spacial score (nSPS) is 15.9. The summed E-state index contributed by atoms with van der Waals surface area (Å²) in [5, 5.41) is 2.96. The van der Waals surface area contributed by atoms with Crippen LogP contribution in [0.4, 0.5) is 4.79 Å². The van der Waals surface area contributed by atoms with Crippen LogP contribution >= 0.6 is 0 Å². The number of hydrogen-bond donors (Lipinski definition) is 2. The molecule has 0 radical (unpaired) electrons. The highest BCUT2D eigenvalue weighted by Gasteiger charge is 2.25. The van der Waals surface area contributed by atoms with Gasteiger partial charge in [-0.3, -0.25) is 4.79 Å². The van der Waals surface area contributed by atoms with Gasteiger partial charge in [0.1, 0.15) is 5.69 Å². The van der Waals surface area contributed by atoms with E-state index in [4.69, 9.17) is 0 Å². The van der Waals surface area contributed by atoms with Crippen molar-refractivity contribution in [2.45, 2.75) is 19.4 Å². The summed E-state index contributed by atoms with van der Waals surface area (Å²) in [5.41, 5.74) is 0.589. The van der Waals surface area contributed by atoms with Crippen molar-refractivity contribution in [1.82, 2.24) is 29.7 Å². The molecule has 0 aliphatic carbocycles. The van der Waals surface area contributed by atoms with Crippen LogP contribution in [0.5, 0.6) is 0 Å². The minimum atomic E-state index is -0.0650. The molecule has 2 aromatic rings. The van der Waals surface area contributed by atoms with E-state index in [1.54, 1.807) is 34.6 Å². The minimum absolute atomic E-state index is 0.0146. The molecule has 2 aromatic heterocycles. The van der Waals surface area contributed by atoms with Gasteiger partial charge < -0.3 is 24.7 Å². The second-order valence-electron chi connectivity index (χ2n) is 6.24. The van der Waals surface area contributed by atoms with Crippen molar-refractivity contribution in [3.63, 3.8) is 0 Å². The quantitative estimate of drug-likeness (QED) is 0.858. The highest BCUT2D eigenvalue weighted by atomic mass is 16.2. The molecule has 0 bridgehead atoms. The zero-order valence-corrected chi connectivity index (χ0v) is 14.4. The molecular weight excluding hydrogens is 320 g/mol. The average Bonchev–Trinajstić information content (AvgIpc) is 3.34. The van der Waals surface area contributed by atoms with Crippen LogP contribution in [-0.2, 0) is 0 Å². The Morgan fingerprint density at radius 1 is 1.28 bits per heavy atom. The van der Waals surface area contributed by atoms with Crippen molar-refractivity contribution in [3.8, 4) is 0 Å². The van der Waals surface area contributed by atoms with E-state index in [1.807, 2.05) is 16.8 Å². The fourth-order valence-corrected chi connectivity index (χ4v) is 2.93. The largest absolute Gasteiger partial charge is 0.357 e. The van der Waals surface area contributed by atoms with Gasteiger partial charge >= 0.3 is 6.03 Å². The molecule has 1 fully saturated rings. The molecule has 8 heteroatoms. The average molecular weight is 344 g/mol. The highest BCUT2D eigenvalue weighted by Crippen LogP contribution is 2.09. The van der Waals surface area contributed by atoms with E-state index in [1.165, 1.54) is 0 Å². The smallest absolute Gasteiger partial charge is 0.317 e. The topological polar surface area (TPSA) is 86.3 Å². The first-order valence-electron chi connectivity index (χ1n) is 8.58. The molecule has 0 spiro atoms. The van der Waals surface area contributed by atoms with Gasteiger partial charge in [0.2, 0.25) is 0 Å². The molecule has 1 unspecified atom stereocenters. The van der Waals surface area contributed by atoms with Gasteiger partial charge in [0.25, 0.3) is 5.91 Å². The van der Waals surface area contributed by atoms with E-state index < -0.39 is 0 Å². The molecule has 1 aliphatic rings. The second-order valence-corrected chi connectivity index (χ2v) is 6.24. The lowest BCUT2D eigenvalue weighted by Gasteiger charge is -2.34. The van der Waals surface area contributed by atoms with Gasteiger partial charge in [-0.25, -0.2) is 9.78 Å². The number of nitrogens with one attached hydrogen (secondary N) is 2. The summed E-state index contributed by atoms with van der Waals surface area (Å²) in [7, 11) is 0. The molecule has 3 heterocycles. The molecule has 8 nitrogen and oxygen atoms in total. The predicted molar refractivity (Wildman–Crippen MR) is 93.2 cm³/mol. The number of urea groups is 1. The van der Waals surface area contributed by atoms with Crippen molar-refractivity contribution in [3.05, 3.63) is 42.7 Å².